The summed E-state index contributed by atoms with van der Waals surface area (Å²) in [4.78, 5) is 20.4. The third-order valence-electron chi connectivity index (χ3n) is 5.15. The molecule has 1 aliphatic heterocycles. The molecule has 0 saturated carbocycles. The topological polar surface area (TPSA) is 52.9 Å². The van der Waals surface area contributed by atoms with Crippen LogP contribution in [-0.2, 0) is 11.2 Å². The van der Waals surface area contributed by atoms with Crippen molar-refractivity contribution in [3.05, 3.63) is 100.0 Å². The lowest BCUT2D eigenvalue weighted by Gasteiger charge is -2.15. The van der Waals surface area contributed by atoms with Gasteiger partial charge in [-0.25, -0.2) is 4.99 Å². The Hall–Kier alpha value is -3.31. The monoisotopic (exact) mass is 428 g/mol. The number of hydrogen-bond donors (Lipinski definition) is 1. The summed E-state index contributed by atoms with van der Waals surface area (Å²) >= 11 is 1.39. The average molecular weight is 429 g/mol. The summed E-state index contributed by atoms with van der Waals surface area (Å²) in [6.07, 6.45) is 2.64. The van der Waals surface area contributed by atoms with Crippen molar-refractivity contribution in [1.82, 2.24) is 4.90 Å². The number of hydrogen-bond acceptors (Lipinski definition) is 4. The molecule has 4 rings (SSSR count). The van der Waals surface area contributed by atoms with Crippen LogP contribution in [0.1, 0.15) is 22.3 Å². The van der Waals surface area contributed by atoms with Gasteiger partial charge in [-0.15, -0.1) is 0 Å². The molecule has 0 aromatic heterocycles. The van der Waals surface area contributed by atoms with Gasteiger partial charge >= 0.3 is 0 Å². The molecule has 1 heterocycles. The van der Waals surface area contributed by atoms with Gasteiger partial charge in [-0.05, 0) is 84.6 Å². The summed E-state index contributed by atoms with van der Waals surface area (Å²) in [5.74, 6) is 0.252. The van der Waals surface area contributed by atoms with Gasteiger partial charge in [0.2, 0.25) is 0 Å². The number of thioether (sulfide) groups is 1. The fourth-order valence-corrected chi connectivity index (χ4v) is 4.54. The van der Waals surface area contributed by atoms with E-state index in [1.54, 1.807) is 4.90 Å². The SMILES string of the molecule is Cc1cc(C=C2SC(=Nc3ccccc3)N(CCc3ccccc3)C2=O)cc(C)c1O. The molecule has 3 aromatic carbocycles. The lowest BCUT2D eigenvalue weighted by molar-refractivity contribution is -0.122. The minimum Gasteiger partial charge on any atom is -0.507 e. The molecule has 1 amide bonds. The van der Waals surface area contributed by atoms with Crippen molar-refractivity contribution >= 4 is 34.6 Å². The highest BCUT2D eigenvalue weighted by Crippen LogP contribution is 2.35. The van der Waals surface area contributed by atoms with E-state index in [9.17, 15) is 9.90 Å². The zero-order valence-electron chi connectivity index (χ0n) is 17.6. The summed E-state index contributed by atoms with van der Waals surface area (Å²) in [5.41, 5.74) is 4.48. The molecule has 156 valence electrons. The number of para-hydroxylation sites is 1. The molecular weight excluding hydrogens is 404 g/mol. The fourth-order valence-electron chi connectivity index (χ4n) is 3.51. The third-order valence-corrected chi connectivity index (χ3v) is 6.15. The maximum Gasteiger partial charge on any atom is 0.266 e. The Balaban J connectivity index is 1.65. The number of rotatable bonds is 5. The molecule has 1 fully saturated rings. The van der Waals surface area contributed by atoms with Crippen LogP contribution < -0.4 is 0 Å². The average Bonchev–Trinajstić information content (AvgIpc) is 3.06. The summed E-state index contributed by atoms with van der Waals surface area (Å²) < 4.78 is 0. The smallest absolute Gasteiger partial charge is 0.266 e. The number of amidine groups is 1. The van der Waals surface area contributed by atoms with E-state index in [4.69, 9.17) is 4.99 Å². The Morgan fingerprint density at radius 3 is 2.23 bits per heavy atom. The van der Waals surface area contributed by atoms with E-state index in [0.717, 1.165) is 28.8 Å². The third kappa shape index (κ3) is 4.89. The Morgan fingerprint density at radius 2 is 1.58 bits per heavy atom. The van der Waals surface area contributed by atoms with E-state index in [0.29, 0.717) is 22.4 Å². The molecule has 1 saturated heterocycles. The lowest BCUT2D eigenvalue weighted by atomic mass is 10.1. The van der Waals surface area contributed by atoms with Gasteiger partial charge in [-0.2, -0.15) is 0 Å². The van der Waals surface area contributed by atoms with Crippen LogP contribution >= 0.6 is 11.8 Å². The molecule has 1 aliphatic rings. The van der Waals surface area contributed by atoms with Gasteiger partial charge in [0.25, 0.3) is 5.91 Å². The zero-order valence-corrected chi connectivity index (χ0v) is 18.4. The number of carbonyl (C=O) groups excluding carboxylic acids is 1. The minimum atomic E-state index is -0.0426. The van der Waals surface area contributed by atoms with Gasteiger partial charge in [-0.3, -0.25) is 9.69 Å². The highest BCUT2D eigenvalue weighted by atomic mass is 32.2. The normalized spacial score (nSPS) is 16.5. The first kappa shape index (κ1) is 20.9. The molecular formula is C26H24N2O2S. The number of amides is 1. The maximum atomic E-state index is 13.3. The van der Waals surface area contributed by atoms with Crippen LogP contribution in [0.25, 0.3) is 6.08 Å². The van der Waals surface area contributed by atoms with E-state index in [-0.39, 0.29) is 5.91 Å². The first-order valence-electron chi connectivity index (χ1n) is 10.2. The molecule has 31 heavy (non-hydrogen) atoms. The van der Waals surface area contributed by atoms with Crippen LogP contribution in [0.3, 0.4) is 0 Å². The van der Waals surface area contributed by atoms with Crippen LogP contribution in [0, 0.1) is 13.8 Å². The van der Waals surface area contributed by atoms with E-state index < -0.39 is 0 Å². The van der Waals surface area contributed by atoms with Crippen molar-refractivity contribution in [2.45, 2.75) is 20.3 Å². The highest BCUT2D eigenvalue weighted by molar-refractivity contribution is 8.18. The van der Waals surface area contributed by atoms with Crippen molar-refractivity contribution in [2.24, 2.45) is 4.99 Å². The number of aliphatic imine (C=N–C) groups is 1. The first-order valence-corrected chi connectivity index (χ1v) is 11.0. The van der Waals surface area contributed by atoms with E-state index in [1.807, 2.05) is 80.6 Å². The Bertz CT molecular complexity index is 1130. The molecule has 0 atom stereocenters. The van der Waals surface area contributed by atoms with E-state index in [2.05, 4.69) is 12.1 Å². The largest absolute Gasteiger partial charge is 0.507 e. The van der Waals surface area contributed by atoms with Gasteiger partial charge in [-0.1, -0.05) is 48.5 Å². The Labute approximate surface area is 187 Å². The quantitative estimate of drug-likeness (QED) is 0.518. The number of benzene rings is 3. The first-order chi connectivity index (χ1) is 15.0. The number of aromatic hydroxyl groups is 1. The second kappa shape index (κ2) is 9.23. The summed E-state index contributed by atoms with van der Waals surface area (Å²) in [6.45, 7) is 4.29. The molecule has 0 bridgehead atoms. The maximum absolute atomic E-state index is 13.3. The molecule has 5 heteroatoms. The highest BCUT2D eigenvalue weighted by Gasteiger charge is 2.33. The second-order valence-corrected chi connectivity index (χ2v) is 8.55. The van der Waals surface area contributed by atoms with E-state index in [1.165, 1.54) is 17.3 Å². The molecule has 0 unspecified atom stereocenters. The number of aryl methyl sites for hydroxylation is 2. The van der Waals surface area contributed by atoms with Crippen molar-refractivity contribution in [1.29, 1.82) is 0 Å². The predicted molar refractivity (Wildman–Crippen MR) is 129 cm³/mol. The molecule has 1 N–H and O–H groups in total. The molecule has 4 nitrogen and oxygen atoms in total. The Morgan fingerprint density at radius 1 is 0.968 bits per heavy atom. The van der Waals surface area contributed by atoms with Crippen molar-refractivity contribution in [2.75, 3.05) is 6.54 Å². The van der Waals surface area contributed by atoms with Gasteiger partial charge in [0.15, 0.2) is 5.17 Å². The van der Waals surface area contributed by atoms with Gasteiger partial charge in [0, 0.05) is 6.54 Å². The van der Waals surface area contributed by atoms with Crippen molar-refractivity contribution < 1.29 is 9.90 Å². The number of phenols is 1. The molecule has 0 aliphatic carbocycles. The van der Waals surface area contributed by atoms with Gasteiger partial charge in [0.05, 0.1) is 10.6 Å². The fraction of sp³-hybridized carbons (Fsp3) is 0.154. The van der Waals surface area contributed by atoms with Crippen LogP contribution in [-0.4, -0.2) is 27.6 Å². The lowest BCUT2D eigenvalue weighted by Crippen LogP contribution is -2.31. The van der Waals surface area contributed by atoms with Crippen molar-refractivity contribution in [3.8, 4) is 5.75 Å². The van der Waals surface area contributed by atoms with Crippen LogP contribution in [0.2, 0.25) is 0 Å². The van der Waals surface area contributed by atoms with Gasteiger partial charge < -0.3 is 5.11 Å². The summed E-state index contributed by atoms with van der Waals surface area (Å²) in [6, 6.07) is 23.6. The predicted octanol–water partition coefficient (Wildman–Crippen LogP) is 5.86. The van der Waals surface area contributed by atoms with Crippen LogP contribution in [0.5, 0.6) is 5.75 Å². The standard InChI is InChI=1S/C26H24N2O2S/c1-18-15-21(16-19(2)24(18)29)17-23-25(30)28(14-13-20-9-5-3-6-10-20)26(31-23)27-22-11-7-4-8-12-22/h3-12,15-17,29H,13-14H2,1-2H3. The minimum absolute atomic E-state index is 0.0426. The van der Waals surface area contributed by atoms with Gasteiger partial charge in [0.1, 0.15) is 5.75 Å². The summed E-state index contributed by atoms with van der Waals surface area (Å²) in [7, 11) is 0. The molecule has 0 radical (unpaired) electrons. The Kier molecular flexibility index (Phi) is 6.23. The van der Waals surface area contributed by atoms with E-state index >= 15 is 0 Å². The molecule has 0 spiro atoms. The summed E-state index contributed by atoms with van der Waals surface area (Å²) in [5, 5.41) is 10.7. The van der Waals surface area contributed by atoms with Crippen molar-refractivity contribution in [3.63, 3.8) is 0 Å². The zero-order chi connectivity index (χ0) is 21.8. The van der Waals surface area contributed by atoms with Crippen LogP contribution in [0.15, 0.2) is 82.7 Å². The molecule has 3 aromatic rings. The second-order valence-electron chi connectivity index (χ2n) is 7.54. The van der Waals surface area contributed by atoms with Crippen LogP contribution in [0.4, 0.5) is 5.69 Å². The number of phenolic OH excluding ortho intramolecular Hbond substituents is 1. The number of nitrogens with zero attached hydrogens (tertiary/aromatic N) is 2. The number of carbonyl (C=O) groups is 1.